The van der Waals surface area contributed by atoms with E-state index in [1.54, 1.807) is 6.20 Å². The fraction of sp³-hybridized carbons (Fsp3) is 0.316. The van der Waals surface area contributed by atoms with Crippen molar-refractivity contribution in [1.29, 1.82) is 0 Å². The highest BCUT2D eigenvalue weighted by atomic mass is 19.1. The second-order valence-electron chi connectivity index (χ2n) is 6.42. The highest BCUT2D eigenvalue weighted by molar-refractivity contribution is 5.87. The van der Waals surface area contributed by atoms with Gasteiger partial charge < -0.3 is 15.0 Å². The number of nitrogens with one attached hydrogen (secondary N) is 2. The number of carbonyl (C=O) groups excluding carboxylic acids is 1. The first-order chi connectivity index (χ1) is 13.2. The van der Waals surface area contributed by atoms with E-state index in [0.717, 1.165) is 16.6 Å². The zero-order valence-electron chi connectivity index (χ0n) is 14.7. The van der Waals surface area contributed by atoms with Crippen LogP contribution < -0.4 is 10.2 Å². The monoisotopic (exact) mass is 369 g/mol. The number of hydrogen-bond donors (Lipinski definition) is 2. The van der Waals surface area contributed by atoms with E-state index >= 15 is 0 Å². The molecule has 1 aromatic carbocycles. The Bertz CT molecular complexity index is 952. The molecule has 0 unspecified atom stereocenters. The van der Waals surface area contributed by atoms with Crippen LogP contribution in [0.25, 0.3) is 10.9 Å². The van der Waals surface area contributed by atoms with Gasteiger partial charge in [0.25, 0.3) is 0 Å². The molecule has 4 rings (SSSR count). The molecule has 1 amide bonds. The zero-order chi connectivity index (χ0) is 18.6. The number of H-pyrrole nitrogens is 1. The van der Waals surface area contributed by atoms with E-state index in [-0.39, 0.29) is 24.7 Å². The molecule has 1 aliphatic rings. The Hall–Kier alpha value is -3.00. The molecule has 27 heavy (non-hydrogen) atoms. The van der Waals surface area contributed by atoms with E-state index < -0.39 is 0 Å². The number of aromatic nitrogens is 3. The predicted molar refractivity (Wildman–Crippen MR) is 98.9 cm³/mol. The molecular formula is C19H20FN5O2. The number of carbonyl (C=O) groups is 1. The van der Waals surface area contributed by atoms with E-state index in [9.17, 15) is 9.18 Å². The summed E-state index contributed by atoms with van der Waals surface area (Å²) >= 11 is 0. The Balaban J connectivity index is 1.36. The van der Waals surface area contributed by atoms with Crippen molar-refractivity contribution in [3.63, 3.8) is 0 Å². The molecule has 140 valence electrons. The molecule has 0 radical (unpaired) electrons. The molecule has 0 spiro atoms. The van der Waals surface area contributed by atoms with Crippen LogP contribution >= 0.6 is 0 Å². The van der Waals surface area contributed by atoms with Gasteiger partial charge in [-0.15, -0.1) is 0 Å². The van der Waals surface area contributed by atoms with Gasteiger partial charge in [-0.25, -0.2) is 9.37 Å². The minimum Gasteiger partial charge on any atom is -0.378 e. The predicted octanol–water partition coefficient (Wildman–Crippen LogP) is 1.79. The van der Waals surface area contributed by atoms with Crippen molar-refractivity contribution in [3.05, 3.63) is 53.6 Å². The third kappa shape index (κ3) is 3.90. The van der Waals surface area contributed by atoms with Gasteiger partial charge in [-0.3, -0.25) is 9.89 Å². The number of pyridine rings is 1. The Morgan fingerprint density at radius 2 is 2.11 bits per heavy atom. The standard InChI is InChI=1S/C19H20FN5O2/c20-15-9-13(12-22-19(15)25-5-7-27-8-6-25)11-21-18(26)10-17-14-3-1-2-4-16(14)23-24-17/h1-4,9,12H,5-8,10-11H2,(H,21,26)(H,23,24). The molecule has 0 saturated carbocycles. The third-order valence-corrected chi connectivity index (χ3v) is 4.56. The van der Waals surface area contributed by atoms with Gasteiger partial charge >= 0.3 is 0 Å². The van der Waals surface area contributed by atoms with Gasteiger partial charge in [-0.1, -0.05) is 18.2 Å². The Labute approximate surface area is 155 Å². The number of amides is 1. The van der Waals surface area contributed by atoms with E-state index in [1.165, 1.54) is 6.07 Å². The fourth-order valence-electron chi connectivity index (χ4n) is 3.15. The summed E-state index contributed by atoms with van der Waals surface area (Å²) in [7, 11) is 0. The van der Waals surface area contributed by atoms with Crippen molar-refractivity contribution in [2.45, 2.75) is 13.0 Å². The van der Waals surface area contributed by atoms with Crippen LogP contribution in [0.15, 0.2) is 36.5 Å². The molecule has 2 aromatic heterocycles. The third-order valence-electron chi connectivity index (χ3n) is 4.56. The summed E-state index contributed by atoms with van der Waals surface area (Å²) in [5.74, 6) is -0.220. The molecule has 3 aromatic rings. The number of benzene rings is 1. The van der Waals surface area contributed by atoms with Crippen LogP contribution in [0.3, 0.4) is 0 Å². The fourth-order valence-corrected chi connectivity index (χ4v) is 3.15. The van der Waals surface area contributed by atoms with Crippen LogP contribution in [0.5, 0.6) is 0 Å². The minimum atomic E-state index is -0.386. The lowest BCUT2D eigenvalue weighted by atomic mass is 10.1. The van der Waals surface area contributed by atoms with Crippen molar-refractivity contribution >= 4 is 22.6 Å². The molecule has 0 atom stereocenters. The second-order valence-corrected chi connectivity index (χ2v) is 6.42. The molecule has 1 fully saturated rings. The molecule has 0 bridgehead atoms. The average Bonchev–Trinajstić information content (AvgIpc) is 3.10. The second kappa shape index (κ2) is 7.71. The summed E-state index contributed by atoms with van der Waals surface area (Å²) < 4.78 is 19.6. The number of ether oxygens (including phenoxy) is 1. The average molecular weight is 369 g/mol. The first-order valence-electron chi connectivity index (χ1n) is 8.86. The number of morpholine rings is 1. The maximum Gasteiger partial charge on any atom is 0.226 e. The van der Waals surface area contributed by atoms with Crippen molar-refractivity contribution < 1.29 is 13.9 Å². The van der Waals surface area contributed by atoms with Crippen molar-refractivity contribution in [2.24, 2.45) is 0 Å². The number of fused-ring (bicyclic) bond motifs is 1. The number of anilines is 1. The Morgan fingerprint density at radius 1 is 1.30 bits per heavy atom. The van der Waals surface area contributed by atoms with Gasteiger partial charge in [0.1, 0.15) is 0 Å². The van der Waals surface area contributed by atoms with Crippen molar-refractivity contribution in [1.82, 2.24) is 20.5 Å². The molecule has 2 N–H and O–H groups in total. The van der Waals surface area contributed by atoms with Crippen LogP contribution in [-0.4, -0.2) is 47.4 Å². The summed E-state index contributed by atoms with van der Waals surface area (Å²) in [6.07, 6.45) is 1.78. The molecule has 1 aliphatic heterocycles. The van der Waals surface area contributed by atoms with E-state index in [1.807, 2.05) is 29.2 Å². The minimum absolute atomic E-state index is 0.165. The Kier molecular flexibility index (Phi) is 4.97. The van der Waals surface area contributed by atoms with Gasteiger partial charge in [0.05, 0.1) is 30.8 Å². The molecule has 0 aliphatic carbocycles. The molecular weight excluding hydrogens is 349 g/mol. The summed E-state index contributed by atoms with van der Waals surface area (Å²) in [6, 6.07) is 9.03. The topological polar surface area (TPSA) is 83.1 Å². The normalized spacial score (nSPS) is 14.5. The highest BCUT2D eigenvalue weighted by Gasteiger charge is 2.17. The van der Waals surface area contributed by atoms with Crippen molar-refractivity contribution in [3.8, 4) is 0 Å². The van der Waals surface area contributed by atoms with Gasteiger partial charge in [0.15, 0.2) is 11.6 Å². The summed E-state index contributed by atoms with van der Waals surface area (Å²) in [4.78, 5) is 18.3. The molecule has 1 saturated heterocycles. The smallest absolute Gasteiger partial charge is 0.226 e. The van der Waals surface area contributed by atoms with Gasteiger partial charge in [0, 0.05) is 31.2 Å². The summed E-state index contributed by atoms with van der Waals surface area (Å²) in [5, 5.41) is 10.8. The number of hydrogen-bond acceptors (Lipinski definition) is 5. The summed E-state index contributed by atoms with van der Waals surface area (Å²) in [5.41, 5.74) is 2.20. The summed E-state index contributed by atoms with van der Waals surface area (Å²) in [6.45, 7) is 2.61. The maximum absolute atomic E-state index is 14.4. The molecule has 3 heterocycles. The zero-order valence-corrected chi connectivity index (χ0v) is 14.7. The lowest BCUT2D eigenvalue weighted by molar-refractivity contribution is -0.120. The van der Waals surface area contributed by atoms with E-state index in [0.29, 0.717) is 37.7 Å². The Morgan fingerprint density at radius 3 is 2.93 bits per heavy atom. The van der Waals surface area contributed by atoms with Gasteiger partial charge in [-0.05, 0) is 17.7 Å². The molecule has 8 heteroatoms. The SMILES string of the molecule is O=C(Cc1[nH]nc2ccccc12)NCc1cnc(N2CCOCC2)c(F)c1. The molecule has 7 nitrogen and oxygen atoms in total. The number of aromatic amines is 1. The van der Waals surface area contributed by atoms with Crippen LogP contribution in [-0.2, 0) is 22.5 Å². The van der Waals surface area contributed by atoms with Crippen LogP contribution in [0.1, 0.15) is 11.3 Å². The van der Waals surface area contributed by atoms with Crippen LogP contribution in [0.2, 0.25) is 0 Å². The lowest BCUT2D eigenvalue weighted by Gasteiger charge is -2.28. The van der Waals surface area contributed by atoms with E-state index in [4.69, 9.17) is 4.74 Å². The van der Waals surface area contributed by atoms with E-state index in [2.05, 4.69) is 20.5 Å². The number of para-hydroxylation sites is 1. The number of rotatable bonds is 5. The van der Waals surface area contributed by atoms with Crippen LogP contribution in [0.4, 0.5) is 10.2 Å². The van der Waals surface area contributed by atoms with Crippen molar-refractivity contribution in [2.75, 3.05) is 31.2 Å². The largest absolute Gasteiger partial charge is 0.378 e. The number of nitrogens with zero attached hydrogens (tertiary/aromatic N) is 3. The lowest BCUT2D eigenvalue weighted by Crippen LogP contribution is -2.37. The first-order valence-corrected chi connectivity index (χ1v) is 8.86. The quantitative estimate of drug-likeness (QED) is 0.717. The maximum atomic E-state index is 14.4. The van der Waals surface area contributed by atoms with Gasteiger partial charge in [0.2, 0.25) is 5.91 Å². The first kappa shape index (κ1) is 17.4. The highest BCUT2D eigenvalue weighted by Crippen LogP contribution is 2.19. The van der Waals surface area contributed by atoms with Gasteiger partial charge in [-0.2, -0.15) is 5.10 Å². The number of halogens is 1. The van der Waals surface area contributed by atoms with Crippen LogP contribution in [0, 0.1) is 5.82 Å².